The molecular weight excluding hydrogens is 254 g/mol. The third-order valence-electron chi connectivity index (χ3n) is 2.96. The molecule has 3 atom stereocenters. The standard InChI is InChI=1S/C12H15NO4S/c1-8-11(5-6-17-8)18(16)7-9-3-2-4-10(13-9)12(14)15/h2-4,8,11H,5-7H2,1H3,(H,14,15). The van der Waals surface area contributed by atoms with Crippen molar-refractivity contribution in [2.45, 2.75) is 30.5 Å². The van der Waals surface area contributed by atoms with Gasteiger partial charge in [-0.25, -0.2) is 9.78 Å². The maximum atomic E-state index is 12.1. The van der Waals surface area contributed by atoms with Gasteiger partial charge in [0.2, 0.25) is 0 Å². The Kier molecular flexibility index (Phi) is 4.08. The molecule has 1 N–H and O–H groups in total. The van der Waals surface area contributed by atoms with E-state index in [-0.39, 0.29) is 22.8 Å². The summed E-state index contributed by atoms with van der Waals surface area (Å²) in [4.78, 5) is 14.8. The number of aromatic carboxylic acids is 1. The zero-order chi connectivity index (χ0) is 13.1. The number of hydrogen-bond donors (Lipinski definition) is 1. The number of rotatable bonds is 4. The molecule has 0 spiro atoms. The molecule has 18 heavy (non-hydrogen) atoms. The van der Waals surface area contributed by atoms with E-state index < -0.39 is 16.8 Å². The van der Waals surface area contributed by atoms with E-state index in [1.807, 2.05) is 6.92 Å². The van der Waals surface area contributed by atoms with Crippen molar-refractivity contribution in [3.63, 3.8) is 0 Å². The van der Waals surface area contributed by atoms with E-state index in [1.165, 1.54) is 6.07 Å². The van der Waals surface area contributed by atoms with Crippen LogP contribution < -0.4 is 0 Å². The van der Waals surface area contributed by atoms with E-state index in [1.54, 1.807) is 12.1 Å². The van der Waals surface area contributed by atoms with Gasteiger partial charge in [-0.2, -0.15) is 0 Å². The van der Waals surface area contributed by atoms with Crippen LogP contribution in [-0.2, 0) is 21.3 Å². The predicted molar refractivity (Wildman–Crippen MR) is 66.9 cm³/mol. The monoisotopic (exact) mass is 269 g/mol. The fourth-order valence-corrected chi connectivity index (χ4v) is 3.52. The van der Waals surface area contributed by atoms with Gasteiger partial charge in [0.1, 0.15) is 5.69 Å². The van der Waals surface area contributed by atoms with Crippen LogP contribution in [0.1, 0.15) is 29.5 Å². The number of hydrogen-bond acceptors (Lipinski definition) is 4. The molecule has 1 aromatic heterocycles. The van der Waals surface area contributed by atoms with Gasteiger partial charge in [0.25, 0.3) is 0 Å². The Labute approximate surface area is 108 Å². The van der Waals surface area contributed by atoms with Gasteiger partial charge in [-0.05, 0) is 25.5 Å². The maximum Gasteiger partial charge on any atom is 0.354 e. The first-order valence-electron chi connectivity index (χ1n) is 5.76. The largest absolute Gasteiger partial charge is 0.477 e. The highest BCUT2D eigenvalue weighted by atomic mass is 32.2. The SMILES string of the molecule is CC1OCCC1S(=O)Cc1cccc(C(=O)O)n1. The smallest absolute Gasteiger partial charge is 0.354 e. The number of carboxylic acids is 1. The Bertz CT molecular complexity index is 477. The molecule has 0 radical (unpaired) electrons. The van der Waals surface area contributed by atoms with Crippen LogP contribution in [0.5, 0.6) is 0 Å². The number of pyridine rings is 1. The summed E-state index contributed by atoms with van der Waals surface area (Å²) in [6.07, 6.45) is 0.778. The Morgan fingerprint density at radius 3 is 3.00 bits per heavy atom. The number of nitrogens with zero attached hydrogens (tertiary/aromatic N) is 1. The zero-order valence-corrected chi connectivity index (χ0v) is 10.9. The second kappa shape index (κ2) is 5.58. The highest BCUT2D eigenvalue weighted by Crippen LogP contribution is 2.20. The van der Waals surface area contributed by atoms with Gasteiger partial charge in [0.15, 0.2) is 0 Å². The van der Waals surface area contributed by atoms with E-state index in [4.69, 9.17) is 9.84 Å². The van der Waals surface area contributed by atoms with Gasteiger partial charge in [0, 0.05) is 17.4 Å². The van der Waals surface area contributed by atoms with Gasteiger partial charge in [-0.15, -0.1) is 0 Å². The van der Waals surface area contributed by atoms with Crippen LogP contribution in [0.15, 0.2) is 18.2 Å². The number of carboxylic acid groups (broad SMARTS) is 1. The van der Waals surface area contributed by atoms with Crippen LogP contribution in [-0.4, -0.2) is 38.2 Å². The quantitative estimate of drug-likeness (QED) is 0.889. The van der Waals surface area contributed by atoms with E-state index >= 15 is 0 Å². The Balaban J connectivity index is 2.07. The van der Waals surface area contributed by atoms with Crippen molar-refractivity contribution in [2.75, 3.05) is 6.61 Å². The number of ether oxygens (including phenoxy) is 1. The minimum absolute atomic E-state index is 0.00603. The first-order chi connectivity index (χ1) is 8.58. The summed E-state index contributed by atoms with van der Waals surface area (Å²) in [6.45, 7) is 2.55. The van der Waals surface area contributed by atoms with Crippen LogP contribution in [0.4, 0.5) is 0 Å². The lowest BCUT2D eigenvalue weighted by Gasteiger charge is -2.13. The molecule has 1 aliphatic rings. The lowest BCUT2D eigenvalue weighted by atomic mass is 10.3. The van der Waals surface area contributed by atoms with Crippen LogP contribution in [0.25, 0.3) is 0 Å². The third kappa shape index (κ3) is 2.94. The van der Waals surface area contributed by atoms with Crippen LogP contribution in [0.2, 0.25) is 0 Å². The molecule has 1 fully saturated rings. The molecule has 0 amide bonds. The van der Waals surface area contributed by atoms with Crippen molar-refractivity contribution in [1.29, 1.82) is 0 Å². The Hall–Kier alpha value is -1.27. The van der Waals surface area contributed by atoms with Crippen molar-refractivity contribution < 1.29 is 18.8 Å². The van der Waals surface area contributed by atoms with E-state index in [2.05, 4.69) is 4.98 Å². The van der Waals surface area contributed by atoms with Crippen molar-refractivity contribution >= 4 is 16.8 Å². The first kappa shape index (κ1) is 13.2. The number of carbonyl (C=O) groups is 1. The molecule has 1 saturated heterocycles. The molecule has 2 rings (SSSR count). The molecule has 0 aliphatic carbocycles. The summed E-state index contributed by atoms with van der Waals surface area (Å²) >= 11 is 0. The minimum Gasteiger partial charge on any atom is -0.477 e. The molecule has 6 heteroatoms. The molecule has 98 valence electrons. The number of aromatic nitrogens is 1. The van der Waals surface area contributed by atoms with E-state index in [0.717, 1.165) is 6.42 Å². The fourth-order valence-electron chi connectivity index (χ4n) is 1.99. The van der Waals surface area contributed by atoms with Crippen molar-refractivity contribution in [2.24, 2.45) is 0 Å². The van der Waals surface area contributed by atoms with Gasteiger partial charge >= 0.3 is 5.97 Å². The lowest BCUT2D eigenvalue weighted by molar-refractivity contribution is 0.0690. The van der Waals surface area contributed by atoms with Gasteiger partial charge < -0.3 is 9.84 Å². The molecule has 0 saturated carbocycles. The van der Waals surface area contributed by atoms with Gasteiger partial charge in [0.05, 0.1) is 22.8 Å². The highest BCUT2D eigenvalue weighted by molar-refractivity contribution is 7.84. The van der Waals surface area contributed by atoms with E-state index in [9.17, 15) is 9.00 Å². The maximum absolute atomic E-state index is 12.1. The molecule has 1 aliphatic heterocycles. The summed E-state index contributed by atoms with van der Waals surface area (Å²) in [5.74, 6) is -0.792. The third-order valence-corrected chi connectivity index (χ3v) is 4.83. The van der Waals surface area contributed by atoms with Crippen molar-refractivity contribution in [3.8, 4) is 0 Å². The predicted octanol–water partition coefficient (Wildman–Crippen LogP) is 1.21. The van der Waals surface area contributed by atoms with Crippen LogP contribution >= 0.6 is 0 Å². The summed E-state index contributed by atoms with van der Waals surface area (Å²) in [5, 5.41) is 8.85. The van der Waals surface area contributed by atoms with Crippen molar-refractivity contribution in [3.05, 3.63) is 29.6 Å². The summed E-state index contributed by atoms with van der Waals surface area (Å²) in [5.41, 5.74) is 0.535. The average molecular weight is 269 g/mol. The van der Waals surface area contributed by atoms with Gasteiger partial charge in [-0.3, -0.25) is 4.21 Å². The molecular formula is C12H15NO4S. The summed E-state index contributed by atoms with van der Waals surface area (Å²) < 4.78 is 17.5. The molecule has 2 heterocycles. The average Bonchev–Trinajstić information content (AvgIpc) is 2.76. The summed E-state index contributed by atoms with van der Waals surface area (Å²) in [6, 6.07) is 4.75. The molecule has 1 aromatic rings. The van der Waals surface area contributed by atoms with Gasteiger partial charge in [-0.1, -0.05) is 6.07 Å². The Morgan fingerprint density at radius 1 is 1.61 bits per heavy atom. The first-order valence-corrected chi connectivity index (χ1v) is 7.14. The second-order valence-electron chi connectivity index (χ2n) is 4.25. The molecule has 0 bridgehead atoms. The van der Waals surface area contributed by atoms with Crippen LogP contribution in [0, 0.1) is 0 Å². The normalized spacial score (nSPS) is 24.9. The minimum atomic E-state index is -1.08. The highest BCUT2D eigenvalue weighted by Gasteiger charge is 2.29. The molecule has 3 unspecified atom stereocenters. The fraction of sp³-hybridized carbons (Fsp3) is 0.500. The van der Waals surface area contributed by atoms with Crippen molar-refractivity contribution in [1.82, 2.24) is 4.98 Å². The topological polar surface area (TPSA) is 76.5 Å². The van der Waals surface area contributed by atoms with Crippen LogP contribution in [0.3, 0.4) is 0 Å². The summed E-state index contributed by atoms with van der Waals surface area (Å²) in [7, 11) is -1.08. The second-order valence-corrected chi connectivity index (χ2v) is 5.90. The Morgan fingerprint density at radius 2 is 2.39 bits per heavy atom. The lowest BCUT2D eigenvalue weighted by Crippen LogP contribution is -2.24. The molecule has 5 nitrogen and oxygen atoms in total. The van der Waals surface area contributed by atoms with E-state index in [0.29, 0.717) is 12.3 Å². The molecule has 0 aromatic carbocycles. The zero-order valence-electron chi connectivity index (χ0n) is 10.0.